The molecule has 0 aliphatic rings. The highest BCUT2D eigenvalue weighted by Gasteiger charge is 2.09. The van der Waals surface area contributed by atoms with Crippen LogP contribution in [-0.2, 0) is 13.1 Å². The van der Waals surface area contributed by atoms with Gasteiger partial charge in [0, 0.05) is 18.7 Å². The van der Waals surface area contributed by atoms with Gasteiger partial charge < -0.3 is 19.3 Å². The van der Waals surface area contributed by atoms with Gasteiger partial charge in [0.15, 0.2) is 11.5 Å². The number of aryl methyl sites for hydroxylation is 2. The molecule has 1 heterocycles. The Hall–Kier alpha value is -2.01. The van der Waals surface area contributed by atoms with Crippen LogP contribution in [0.3, 0.4) is 0 Å². The number of nitrogens with one attached hydrogen (secondary N) is 1. The fraction of sp³-hybridized carbons (Fsp3) is 0.438. The van der Waals surface area contributed by atoms with Crippen LogP contribution in [0.25, 0.3) is 0 Å². The number of ether oxygens (including phenoxy) is 2. The molecule has 0 amide bonds. The number of hydrogen-bond donors (Lipinski definition) is 1. The predicted octanol–water partition coefficient (Wildman–Crippen LogP) is 2.99. The zero-order valence-corrected chi connectivity index (χ0v) is 13.0. The molecule has 114 valence electrons. The van der Waals surface area contributed by atoms with Crippen LogP contribution < -0.4 is 14.8 Å². The van der Waals surface area contributed by atoms with Gasteiger partial charge in [0.05, 0.1) is 19.4 Å². The van der Waals surface area contributed by atoms with E-state index in [-0.39, 0.29) is 0 Å². The monoisotopic (exact) mass is 290 g/mol. The summed E-state index contributed by atoms with van der Waals surface area (Å²) in [6.07, 6.45) is 0. The van der Waals surface area contributed by atoms with Gasteiger partial charge in [-0.15, -0.1) is 0 Å². The first-order valence-corrected chi connectivity index (χ1v) is 7.07. The highest BCUT2D eigenvalue weighted by molar-refractivity contribution is 5.43. The molecule has 0 unspecified atom stereocenters. The molecule has 0 atom stereocenters. The number of nitrogens with zero attached hydrogens (tertiary/aromatic N) is 1. The summed E-state index contributed by atoms with van der Waals surface area (Å²) < 4.78 is 16.0. The van der Waals surface area contributed by atoms with E-state index >= 15 is 0 Å². The zero-order valence-electron chi connectivity index (χ0n) is 13.0. The summed E-state index contributed by atoms with van der Waals surface area (Å²) in [6, 6.07) is 5.97. The lowest BCUT2D eigenvalue weighted by Crippen LogP contribution is -2.13. The Morgan fingerprint density at radius 3 is 2.62 bits per heavy atom. The van der Waals surface area contributed by atoms with E-state index in [1.807, 2.05) is 39.0 Å². The maximum atomic E-state index is 5.51. The summed E-state index contributed by atoms with van der Waals surface area (Å²) in [7, 11) is 1.65. The molecular weight excluding hydrogens is 268 g/mol. The molecule has 2 aromatic rings. The molecule has 1 aromatic carbocycles. The second-order valence-corrected chi connectivity index (χ2v) is 4.82. The molecule has 0 bridgehead atoms. The molecule has 0 spiro atoms. The van der Waals surface area contributed by atoms with Crippen molar-refractivity contribution >= 4 is 0 Å². The van der Waals surface area contributed by atoms with Gasteiger partial charge in [0.1, 0.15) is 5.76 Å². The third-order valence-corrected chi connectivity index (χ3v) is 3.34. The minimum Gasteiger partial charge on any atom is -0.493 e. The Bertz CT molecular complexity index is 574. The van der Waals surface area contributed by atoms with Gasteiger partial charge in [-0.3, -0.25) is 0 Å². The van der Waals surface area contributed by atoms with Crippen molar-refractivity contribution in [1.82, 2.24) is 10.5 Å². The molecule has 0 aliphatic heterocycles. The Labute approximate surface area is 125 Å². The first-order chi connectivity index (χ1) is 10.2. The fourth-order valence-corrected chi connectivity index (χ4v) is 2.18. The van der Waals surface area contributed by atoms with Crippen molar-refractivity contribution in [2.75, 3.05) is 13.7 Å². The van der Waals surface area contributed by atoms with Crippen LogP contribution in [0.5, 0.6) is 11.5 Å². The van der Waals surface area contributed by atoms with E-state index in [1.165, 1.54) is 0 Å². The average molecular weight is 290 g/mol. The number of aromatic nitrogens is 1. The quantitative estimate of drug-likeness (QED) is 0.849. The van der Waals surface area contributed by atoms with Crippen molar-refractivity contribution in [3.8, 4) is 11.5 Å². The topological polar surface area (TPSA) is 56.5 Å². The van der Waals surface area contributed by atoms with Crippen LogP contribution in [0, 0.1) is 13.8 Å². The average Bonchev–Trinajstić information content (AvgIpc) is 2.80. The number of rotatable bonds is 7. The SMILES string of the molecule is CCOc1ccc(CNCc2c(C)noc2C)cc1OC. The Morgan fingerprint density at radius 2 is 2.00 bits per heavy atom. The molecule has 0 aliphatic carbocycles. The van der Waals surface area contributed by atoms with E-state index in [9.17, 15) is 0 Å². The molecular formula is C16H22N2O3. The van der Waals surface area contributed by atoms with Crippen LogP contribution in [-0.4, -0.2) is 18.9 Å². The maximum absolute atomic E-state index is 5.51. The van der Waals surface area contributed by atoms with E-state index in [4.69, 9.17) is 14.0 Å². The molecule has 5 heteroatoms. The van der Waals surface area contributed by atoms with Gasteiger partial charge in [-0.1, -0.05) is 11.2 Å². The van der Waals surface area contributed by atoms with Crippen LogP contribution in [0.1, 0.15) is 29.5 Å². The van der Waals surface area contributed by atoms with Gasteiger partial charge in [-0.25, -0.2) is 0 Å². The van der Waals surface area contributed by atoms with Gasteiger partial charge >= 0.3 is 0 Å². The van der Waals surface area contributed by atoms with Crippen LogP contribution in [0.4, 0.5) is 0 Å². The number of methoxy groups -OCH3 is 1. The van der Waals surface area contributed by atoms with Crippen molar-refractivity contribution < 1.29 is 14.0 Å². The molecule has 2 rings (SSSR count). The van der Waals surface area contributed by atoms with E-state index < -0.39 is 0 Å². The van der Waals surface area contributed by atoms with E-state index in [0.717, 1.165) is 47.2 Å². The van der Waals surface area contributed by atoms with Gasteiger partial charge in [0.2, 0.25) is 0 Å². The Kier molecular flexibility index (Phi) is 5.22. The van der Waals surface area contributed by atoms with Gasteiger partial charge in [-0.2, -0.15) is 0 Å². The second kappa shape index (κ2) is 7.13. The van der Waals surface area contributed by atoms with E-state index in [1.54, 1.807) is 7.11 Å². The summed E-state index contributed by atoms with van der Waals surface area (Å²) in [4.78, 5) is 0. The molecule has 0 saturated carbocycles. The Balaban J connectivity index is 1.97. The minimum atomic E-state index is 0.625. The smallest absolute Gasteiger partial charge is 0.161 e. The zero-order chi connectivity index (χ0) is 15.2. The second-order valence-electron chi connectivity index (χ2n) is 4.82. The minimum absolute atomic E-state index is 0.625. The number of hydrogen-bond acceptors (Lipinski definition) is 5. The maximum Gasteiger partial charge on any atom is 0.161 e. The molecule has 1 N–H and O–H groups in total. The largest absolute Gasteiger partial charge is 0.493 e. The molecule has 1 aromatic heterocycles. The third kappa shape index (κ3) is 3.76. The van der Waals surface area contributed by atoms with Crippen molar-refractivity contribution in [3.05, 3.63) is 40.8 Å². The van der Waals surface area contributed by atoms with E-state index in [2.05, 4.69) is 10.5 Å². The first kappa shape index (κ1) is 15.4. The molecule has 0 radical (unpaired) electrons. The van der Waals surface area contributed by atoms with Gasteiger partial charge in [-0.05, 0) is 38.5 Å². The predicted molar refractivity (Wildman–Crippen MR) is 80.7 cm³/mol. The lowest BCUT2D eigenvalue weighted by Gasteiger charge is -2.11. The lowest BCUT2D eigenvalue weighted by atomic mass is 10.1. The van der Waals surface area contributed by atoms with Crippen molar-refractivity contribution in [2.45, 2.75) is 33.9 Å². The normalized spacial score (nSPS) is 10.7. The highest BCUT2D eigenvalue weighted by atomic mass is 16.5. The summed E-state index contributed by atoms with van der Waals surface area (Å²) >= 11 is 0. The molecule has 0 fully saturated rings. The van der Waals surface area contributed by atoms with Crippen molar-refractivity contribution in [2.24, 2.45) is 0 Å². The van der Waals surface area contributed by atoms with Crippen LogP contribution >= 0.6 is 0 Å². The van der Waals surface area contributed by atoms with E-state index in [0.29, 0.717) is 6.61 Å². The summed E-state index contributed by atoms with van der Waals surface area (Å²) in [6.45, 7) is 7.94. The molecule has 0 saturated heterocycles. The standard InChI is InChI=1S/C16H22N2O3/c1-5-20-15-7-6-13(8-16(15)19-4)9-17-10-14-11(2)18-21-12(14)3/h6-8,17H,5,9-10H2,1-4H3. The number of benzene rings is 1. The van der Waals surface area contributed by atoms with Crippen LogP contribution in [0.15, 0.2) is 22.7 Å². The van der Waals surface area contributed by atoms with Crippen LogP contribution in [0.2, 0.25) is 0 Å². The van der Waals surface area contributed by atoms with Crippen molar-refractivity contribution in [3.63, 3.8) is 0 Å². The fourth-order valence-electron chi connectivity index (χ4n) is 2.18. The first-order valence-electron chi connectivity index (χ1n) is 7.07. The van der Waals surface area contributed by atoms with Crippen molar-refractivity contribution in [1.29, 1.82) is 0 Å². The molecule has 21 heavy (non-hydrogen) atoms. The summed E-state index contributed by atoms with van der Waals surface area (Å²) in [5.41, 5.74) is 3.19. The third-order valence-electron chi connectivity index (χ3n) is 3.34. The summed E-state index contributed by atoms with van der Waals surface area (Å²) in [5, 5.41) is 7.34. The van der Waals surface area contributed by atoms with Gasteiger partial charge in [0.25, 0.3) is 0 Å². The Morgan fingerprint density at radius 1 is 1.19 bits per heavy atom. The lowest BCUT2D eigenvalue weighted by molar-refractivity contribution is 0.310. The summed E-state index contributed by atoms with van der Waals surface area (Å²) in [5.74, 6) is 2.40. The highest BCUT2D eigenvalue weighted by Crippen LogP contribution is 2.28. The molecule has 5 nitrogen and oxygen atoms in total.